The topological polar surface area (TPSA) is 78.4 Å². The molecule has 1 atom stereocenters. The zero-order chi connectivity index (χ0) is 14.1. The van der Waals surface area contributed by atoms with E-state index in [9.17, 15) is 9.59 Å². The molecule has 0 aliphatic heterocycles. The van der Waals surface area contributed by atoms with Crippen molar-refractivity contribution in [1.82, 2.24) is 10.6 Å². The van der Waals surface area contributed by atoms with Gasteiger partial charge in [-0.1, -0.05) is 25.0 Å². The second-order valence-electron chi connectivity index (χ2n) is 4.97. The van der Waals surface area contributed by atoms with Gasteiger partial charge in [0.05, 0.1) is 5.92 Å². The Balaban J connectivity index is 2.14. The van der Waals surface area contributed by atoms with Crippen LogP contribution in [0.15, 0.2) is 11.6 Å². The normalized spacial score (nSPS) is 15.7. The van der Waals surface area contributed by atoms with Gasteiger partial charge < -0.3 is 15.7 Å². The van der Waals surface area contributed by atoms with E-state index < -0.39 is 11.9 Å². The summed E-state index contributed by atoms with van der Waals surface area (Å²) in [5, 5.41) is 14.3. The average molecular weight is 268 g/mol. The van der Waals surface area contributed by atoms with Crippen molar-refractivity contribution in [3.8, 4) is 0 Å². The molecule has 2 amide bonds. The SMILES string of the molecule is CCCC(CNC(=O)NCCC1=CCCC1)C(=O)O. The number of allylic oxidation sites excluding steroid dienone is 1. The van der Waals surface area contributed by atoms with Gasteiger partial charge in [0.2, 0.25) is 0 Å². The van der Waals surface area contributed by atoms with Crippen LogP contribution in [-0.2, 0) is 4.79 Å². The summed E-state index contributed by atoms with van der Waals surface area (Å²) in [5.74, 6) is -1.34. The van der Waals surface area contributed by atoms with Gasteiger partial charge in [0, 0.05) is 13.1 Å². The van der Waals surface area contributed by atoms with Crippen molar-refractivity contribution in [2.75, 3.05) is 13.1 Å². The van der Waals surface area contributed by atoms with Gasteiger partial charge in [0.25, 0.3) is 0 Å². The highest BCUT2D eigenvalue weighted by molar-refractivity contribution is 5.75. The van der Waals surface area contributed by atoms with Crippen molar-refractivity contribution in [3.63, 3.8) is 0 Å². The van der Waals surface area contributed by atoms with Crippen molar-refractivity contribution in [3.05, 3.63) is 11.6 Å². The van der Waals surface area contributed by atoms with Crippen LogP contribution in [-0.4, -0.2) is 30.2 Å². The van der Waals surface area contributed by atoms with Crippen LogP contribution < -0.4 is 10.6 Å². The molecule has 0 heterocycles. The van der Waals surface area contributed by atoms with Crippen LogP contribution in [0.5, 0.6) is 0 Å². The van der Waals surface area contributed by atoms with Gasteiger partial charge >= 0.3 is 12.0 Å². The minimum atomic E-state index is -0.849. The minimum absolute atomic E-state index is 0.192. The zero-order valence-corrected chi connectivity index (χ0v) is 11.6. The lowest BCUT2D eigenvalue weighted by atomic mass is 10.0. The number of hydrogen-bond acceptors (Lipinski definition) is 2. The molecule has 0 saturated carbocycles. The molecular formula is C14H24N2O3. The van der Waals surface area contributed by atoms with E-state index in [4.69, 9.17) is 5.11 Å². The molecule has 0 aromatic heterocycles. The fourth-order valence-corrected chi connectivity index (χ4v) is 2.24. The molecule has 1 rings (SSSR count). The lowest BCUT2D eigenvalue weighted by molar-refractivity contribution is -0.141. The Morgan fingerprint density at radius 3 is 2.79 bits per heavy atom. The quantitative estimate of drug-likeness (QED) is 0.591. The molecule has 0 aromatic carbocycles. The Labute approximate surface area is 114 Å². The third kappa shape index (κ3) is 6.27. The number of nitrogens with one attached hydrogen (secondary N) is 2. The Morgan fingerprint density at radius 1 is 1.42 bits per heavy atom. The summed E-state index contributed by atoms with van der Waals surface area (Å²) in [6.45, 7) is 2.74. The summed E-state index contributed by atoms with van der Waals surface area (Å²) < 4.78 is 0. The standard InChI is InChI=1S/C14H24N2O3/c1-2-5-12(13(17)18)10-16-14(19)15-9-8-11-6-3-4-7-11/h6,12H,2-5,7-10H2,1H3,(H,17,18)(H2,15,16,19). The van der Waals surface area contributed by atoms with E-state index in [0.29, 0.717) is 13.0 Å². The summed E-state index contributed by atoms with van der Waals surface area (Å²) in [6.07, 6.45) is 8.03. The van der Waals surface area contributed by atoms with Crippen LogP contribution in [0, 0.1) is 5.92 Å². The number of carboxylic acid groups (broad SMARTS) is 1. The van der Waals surface area contributed by atoms with Gasteiger partial charge in [-0.3, -0.25) is 4.79 Å². The molecule has 1 aliphatic rings. The molecule has 108 valence electrons. The molecule has 0 spiro atoms. The molecule has 5 heteroatoms. The largest absolute Gasteiger partial charge is 0.481 e. The smallest absolute Gasteiger partial charge is 0.314 e. The summed E-state index contributed by atoms with van der Waals surface area (Å²) >= 11 is 0. The van der Waals surface area contributed by atoms with E-state index in [0.717, 1.165) is 25.7 Å². The highest BCUT2D eigenvalue weighted by Crippen LogP contribution is 2.19. The number of hydrogen-bond donors (Lipinski definition) is 3. The molecule has 19 heavy (non-hydrogen) atoms. The molecule has 0 aromatic rings. The summed E-state index contributed by atoms with van der Waals surface area (Å²) in [6, 6.07) is -0.277. The summed E-state index contributed by atoms with van der Waals surface area (Å²) in [4.78, 5) is 22.4. The van der Waals surface area contributed by atoms with Crippen molar-refractivity contribution >= 4 is 12.0 Å². The first-order valence-corrected chi connectivity index (χ1v) is 7.06. The minimum Gasteiger partial charge on any atom is -0.481 e. The Hall–Kier alpha value is -1.52. The van der Waals surface area contributed by atoms with Crippen LogP contribution in [0.3, 0.4) is 0 Å². The number of rotatable bonds is 8. The third-order valence-electron chi connectivity index (χ3n) is 3.36. The summed E-state index contributed by atoms with van der Waals surface area (Å²) in [7, 11) is 0. The molecule has 0 bridgehead atoms. The Bertz CT molecular complexity index is 340. The van der Waals surface area contributed by atoms with Crippen LogP contribution in [0.25, 0.3) is 0 Å². The molecular weight excluding hydrogens is 244 g/mol. The first kappa shape index (κ1) is 15.5. The second-order valence-corrected chi connectivity index (χ2v) is 4.97. The van der Waals surface area contributed by atoms with Crippen LogP contribution in [0.1, 0.15) is 45.4 Å². The van der Waals surface area contributed by atoms with Gasteiger partial charge in [-0.05, 0) is 32.1 Å². The highest BCUT2D eigenvalue weighted by atomic mass is 16.4. The number of aliphatic carboxylic acids is 1. The number of carboxylic acids is 1. The molecule has 1 aliphatic carbocycles. The van der Waals surface area contributed by atoms with E-state index >= 15 is 0 Å². The molecule has 0 radical (unpaired) electrons. The van der Waals surface area contributed by atoms with Gasteiger partial charge in [0.1, 0.15) is 0 Å². The first-order chi connectivity index (χ1) is 9.13. The maximum absolute atomic E-state index is 11.5. The van der Waals surface area contributed by atoms with Crippen LogP contribution in [0.2, 0.25) is 0 Å². The monoisotopic (exact) mass is 268 g/mol. The molecule has 5 nitrogen and oxygen atoms in total. The molecule has 0 fully saturated rings. The van der Waals surface area contributed by atoms with E-state index in [1.807, 2.05) is 6.92 Å². The van der Waals surface area contributed by atoms with Crippen molar-refractivity contribution in [2.24, 2.45) is 5.92 Å². The fourth-order valence-electron chi connectivity index (χ4n) is 2.24. The first-order valence-electron chi connectivity index (χ1n) is 7.06. The average Bonchev–Trinajstić information content (AvgIpc) is 2.87. The zero-order valence-electron chi connectivity index (χ0n) is 11.6. The number of amides is 2. The van der Waals surface area contributed by atoms with E-state index in [-0.39, 0.29) is 12.6 Å². The van der Waals surface area contributed by atoms with Crippen molar-refractivity contribution < 1.29 is 14.7 Å². The maximum atomic E-state index is 11.5. The molecule has 1 unspecified atom stereocenters. The number of carbonyl (C=O) groups is 2. The third-order valence-corrected chi connectivity index (χ3v) is 3.36. The van der Waals surface area contributed by atoms with Crippen LogP contribution >= 0.6 is 0 Å². The lowest BCUT2D eigenvalue weighted by Crippen LogP contribution is -2.40. The number of carbonyl (C=O) groups excluding carboxylic acids is 1. The highest BCUT2D eigenvalue weighted by Gasteiger charge is 2.16. The van der Waals surface area contributed by atoms with Gasteiger partial charge in [-0.2, -0.15) is 0 Å². The second kappa shape index (κ2) is 8.56. The Kier molecular flexibility index (Phi) is 7.00. The number of urea groups is 1. The van der Waals surface area contributed by atoms with E-state index in [1.54, 1.807) is 0 Å². The van der Waals surface area contributed by atoms with Crippen molar-refractivity contribution in [1.29, 1.82) is 0 Å². The summed E-state index contributed by atoms with van der Waals surface area (Å²) in [5.41, 5.74) is 1.41. The predicted octanol–water partition coefficient (Wildman–Crippen LogP) is 2.29. The van der Waals surface area contributed by atoms with Crippen LogP contribution in [0.4, 0.5) is 4.79 Å². The molecule has 3 N–H and O–H groups in total. The lowest BCUT2D eigenvalue weighted by Gasteiger charge is -2.13. The molecule has 0 saturated heterocycles. The van der Waals surface area contributed by atoms with Gasteiger partial charge in [0.15, 0.2) is 0 Å². The van der Waals surface area contributed by atoms with Gasteiger partial charge in [-0.15, -0.1) is 0 Å². The maximum Gasteiger partial charge on any atom is 0.314 e. The van der Waals surface area contributed by atoms with Gasteiger partial charge in [-0.25, -0.2) is 4.79 Å². The Morgan fingerprint density at radius 2 is 2.21 bits per heavy atom. The fraction of sp³-hybridized carbons (Fsp3) is 0.714. The predicted molar refractivity (Wildman–Crippen MR) is 74.0 cm³/mol. The van der Waals surface area contributed by atoms with E-state index in [1.165, 1.54) is 12.0 Å². The van der Waals surface area contributed by atoms with Crippen molar-refractivity contribution in [2.45, 2.75) is 45.4 Å². The van der Waals surface area contributed by atoms with E-state index in [2.05, 4.69) is 16.7 Å².